The highest BCUT2D eigenvalue weighted by atomic mass is 32.2. The number of aryl methyl sites for hydroxylation is 1. The van der Waals surface area contributed by atoms with Crippen LogP contribution in [0.2, 0.25) is 0 Å². The van der Waals surface area contributed by atoms with Gasteiger partial charge in [0.1, 0.15) is 12.6 Å². The molecule has 0 aromatic heterocycles. The number of anilines is 1. The predicted molar refractivity (Wildman–Crippen MR) is 156 cm³/mol. The van der Waals surface area contributed by atoms with Crippen LogP contribution in [0.5, 0.6) is 0 Å². The number of alkyl halides is 3. The maximum Gasteiger partial charge on any atom is 0.416 e. The summed E-state index contributed by atoms with van der Waals surface area (Å²) in [5.41, 5.74) is 0.300. The largest absolute Gasteiger partial charge is 0.416 e. The van der Waals surface area contributed by atoms with Gasteiger partial charge in [0.05, 0.1) is 16.1 Å². The molecule has 226 valence electrons. The highest BCUT2D eigenvalue weighted by molar-refractivity contribution is 7.92. The zero-order chi connectivity index (χ0) is 31.1. The minimum atomic E-state index is -4.73. The molecule has 0 aliphatic heterocycles. The van der Waals surface area contributed by atoms with Gasteiger partial charge in [-0.1, -0.05) is 67.9 Å². The molecule has 0 saturated carbocycles. The van der Waals surface area contributed by atoms with Crippen molar-refractivity contribution in [2.45, 2.75) is 51.2 Å². The highest BCUT2D eigenvalue weighted by Gasteiger charge is 2.35. The summed E-state index contributed by atoms with van der Waals surface area (Å²) in [7, 11) is -4.48. The minimum Gasteiger partial charge on any atom is -0.354 e. The summed E-state index contributed by atoms with van der Waals surface area (Å²) >= 11 is 0. The predicted octanol–water partition coefficient (Wildman–Crippen LogP) is 5.44. The van der Waals surface area contributed by atoms with Crippen LogP contribution in [0.25, 0.3) is 0 Å². The van der Waals surface area contributed by atoms with E-state index in [2.05, 4.69) is 5.32 Å². The third kappa shape index (κ3) is 8.58. The molecule has 0 aliphatic carbocycles. The summed E-state index contributed by atoms with van der Waals surface area (Å²) in [5.74, 6) is -0.992. The van der Waals surface area contributed by atoms with E-state index in [4.69, 9.17) is 0 Å². The van der Waals surface area contributed by atoms with Gasteiger partial charge in [-0.3, -0.25) is 13.9 Å². The fourth-order valence-corrected chi connectivity index (χ4v) is 5.63. The first-order valence-electron chi connectivity index (χ1n) is 13.6. The molecular weight excluding hydrogens is 567 g/mol. The van der Waals surface area contributed by atoms with Crippen LogP contribution in [0, 0.1) is 12.8 Å². The number of benzene rings is 3. The first-order valence-corrected chi connectivity index (χ1v) is 15.0. The van der Waals surface area contributed by atoms with Gasteiger partial charge in [-0.05, 0) is 62.1 Å². The van der Waals surface area contributed by atoms with Crippen LogP contribution in [0.3, 0.4) is 0 Å². The molecule has 1 atom stereocenters. The lowest BCUT2D eigenvalue weighted by Gasteiger charge is -2.32. The fourth-order valence-electron chi connectivity index (χ4n) is 4.23. The molecule has 11 heteroatoms. The van der Waals surface area contributed by atoms with Crippen LogP contribution < -0.4 is 9.62 Å². The van der Waals surface area contributed by atoms with Crippen molar-refractivity contribution in [1.29, 1.82) is 0 Å². The normalized spacial score (nSPS) is 12.6. The molecule has 0 bridgehead atoms. The summed E-state index contributed by atoms with van der Waals surface area (Å²) in [6, 6.07) is 17.9. The average molecular weight is 604 g/mol. The number of nitrogens with one attached hydrogen (secondary N) is 1. The quantitative estimate of drug-likeness (QED) is 0.299. The topological polar surface area (TPSA) is 86.8 Å². The van der Waals surface area contributed by atoms with E-state index in [9.17, 15) is 31.2 Å². The van der Waals surface area contributed by atoms with Crippen LogP contribution in [-0.4, -0.2) is 50.8 Å². The van der Waals surface area contributed by atoms with Crippen LogP contribution in [0.1, 0.15) is 37.5 Å². The molecule has 0 fully saturated rings. The molecule has 0 heterocycles. The van der Waals surface area contributed by atoms with E-state index in [-0.39, 0.29) is 23.0 Å². The number of sulfonamides is 1. The molecule has 7 nitrogen and oxygen atoms in total. The Hall–Kier alpha value is -3.86. The molecule has 0 radical (unpaired) electrons. The molecule has 3 aromatic carbocycles. The average Bonchev–Trinajstić information content (AvgIpc) is 2.94. The lowest BCUT2D eigenvalue weighted by atomic mass is 10.1. The van der Waals surface area contributed by atoms with Crippen molar-refractivity contribution in [3.63, 3.8) is 0 Å². The standard InChI is InChI=1S/C31H36F3N3O4S/c1-22(2)20-35-30(39)24(4)36(18-17-25-9-6-5-7-10-25)29(38)21-37(27-12-8-11-26(19-27)31(32,33)34)42(40,41)28-15-13-23(3)14-16-28/h5-16,19,22,24H,17-18,20-21H2,1-4H3,(H,35,39)/t24-/m1/s1. The molecule has 0 saturated heterocycles. The third-order valence-electron chi connectivity index (χ3n) is 6.69. The van der Waals surface area contributed by atoms with Crippen molar-refractivity contribution >= 4 is 27.5 Å². The van der Waals surface area contributed by atoms with Crippen LogP contribution in [0.15, 0.2) is 83.8 Å². The van der Waals surface area contributed by atoms with E-state index in [1.165, 1.54) is 23.1 Å². The van der Waals surface area contributed by atoms with Gasteiger partial charge in [0.25, 0.3) is 10.0 Å². The Morgan fingerprint density at radius 2 is 1.55 bits per heavy atom. The Balaban J connectivity index is 2.03. The van der Waals surface area contributed by atoms with Gasteiger partial charge in [-0.25, -0.2) is 8.42 Å². The smallest absolute Gasteiger partial charge is 0.354 e. The zero-order valence-electron chi connectivity index (χ0n) is 24.1. The van der Waals surface area contributed by atoms with Gasteiger partial charge >= 0.3 is 6.18 Å². The fraction of sp³-hybridized carbons (Fsp3) is 0.355. The first kappa shape index (κ1) is 32.7. The summed E-state index contributed by atoms with van der Waals surface area (Å²) in [5, 5.41) is 2.80. The lowest BCUT2D eigenvalue weighted by molar-refractivity contribution is -0.138. The van der Waals surface area contributed by atoms with E-state index in [1.807, 2.05) is 44.2 Å². The SMILES string of the molecule is Cc1ccc(S(=O)(=O)N(CC(=O)N(CCc2ccccc2)[C@H](C)C(=O)NCC(C)C)c2cccc(C(F)(F)F)c2)cc1. The summed E-state index contributed by atoms with van der Waals surface area (Å²) in [6.07, 6.45) is -4.35. The van der Waals surface area contributed by atoms with Gasteiger partial charge in [0.2, 0.25) is 11.8 Å². The molecule has 1 N–H and O–H groups in total. The van der Waals surface area contributed by atoms with Crippen molar-refractivity contribution < 1.29 is 31.2 Å². The van der Waals surface area contributed by atoms with Gasteiger partial charge < -0.3 is 10.2 Å². The van der Waals surface area contributed by atoms with E-state index in [0.717, 1.165) is 23.3 Å². The maximum absolute atomic E-state index is 13.9. The highest BCUT2D eigenvalue weighted by Crippen LogP contribution is 2.33. The minimum absolute atomic E-state index is 0.0835. The number of amides is 2. The maximum atomic E-state index is 13.9. The molecule has 3 aromatic rings. The Morgan fingerprint density at radius 3 is 2.14 bits per heavy atom. The van der Waals surface area contributed by atoms with Gasteiger partial charge in [-0.15, -0.1) is 0 Å². The van der Waals surface area contributed by atoms with Crippen LogP contribution >= 0.6 is 0 Å². The van der Waals surface area contributed by atoms with Gasteiger partial charge in [0, 0.05) is 13.1 Å². The number of carbonyl (C=O) groups is 2. The van der Waals surface area contributed by atoms with Gasteiger partial charge in [0.15, 0.2) is 0 Å². The van der Waals surface area contributed by atoms with Crippen molar-refractivity contribution in [3.05, 3.63) is 95.6 Å². The second kappa shape index (κ2) is 13.9. The number of rotatable bonds is 12. The van der Waals surface area contributed by atoms with Gasteiger partial charge in [-0.2, -0.15) is 13.2 Å². The van der Waals surface area contributed by atoms with E-state index in [0.29, 0.717) is 23.3 Å². The summed E-state index contributed by atoms with van der Waals surface area (Å²) in [6.45, 7) is 6.80. The molecule has 0 unspecified atom stereocenters. The van der Waals surface area contributed by atoms with Crippen molar-refractivity contribution in [2.24, 2.45) is 5.92 Å². The molecule has 3 rings (SSSR count). The molecule has 0 aliphatic rings. The monoisotopic (exact) mass is 603 g/mol. The molecule has 42 heavy (non-hydrogen) atoms. The van der Waals surface area contributed by atoms with Crippen LogP contribution in [-0.2, 0) is 32.2 Å². The Labute approximate surface area is 245 Å². The second-order valence-corrected chi connectivity index (χ2v) is 12.4. The Bertz CT molecular complexity index is 1460. The van der Waals surface area contributed by atoms with Crippen molar-refractivity contribution in [1.82, 2.24) is 10.2 Å². The number of halogens is 3. The summed E-state index contributed by atoms with van der Waals surface area (Å²) in [4.78, 5) is 28.0. The van der Waals surface area contributed by atoms with Crippen molar-refractivity contribution in [3.8, 4) is 0 Å². The number of hydrogen-bond donors (Lipinski definition) is 1. The lowest BCUT2D eigenvalue weighted by Crippen LogP contribution is -2.52. The number of carbonyl (C=O) groups excluding carboxylic acids is 2. The number of nitrogens with zero attached hydrogens (tertiary/aromatic N) is 2. The Morgan fingerprint density at radius 1 is 0.905 bits per heavy atom. The third-order valence-corrected chi connectivity index (χ3v) is 8.47. The Kier molecular flexibility index (Phi) is 10.8. The second-order valence-electron chi connectivity index (χ2n) is 10.5. The van der Waals surface area contributed by atoms with E-state index in [1.54, 1.807) is 26.0 Å². The van der Waals surface area contributed by atoms with E-state index >= 15 is 0 Å². The first-order chi connectivity index (χ1) is 19.7. The van der Waals surface area contributed by atoms with E-state index < -0.39 is 46.2 Å². The summed E-state index contributed by atoms with van der Waals surface area (Å²) < 4.78 is 69.1. The molecule has 0 spiro atoms. The van der Waals surface area contributed by atoms with Crippen molar-refractivity contribution in [2.75, 3.05) is 23.9 Å². The van der Waals surface area contributed by atoms with Crippen LogP contribution in [0.4, 0.5) is 18.9 Å². The zero-order valence-corrected chi connectivity index (χ0v) is 24.9. The molecule has 2 amide bonds. The number of hydrogen-bond acceptors (Lipinski definition) is 4. The molecular formula is C31H36F3N3O4S.